The Bertz CT molecular complexity index is 957. The number of methoxy groups -OCH3 is 1. The van der Waals surface area contributed by atoms with Crippen molar-refractivity contribution in [2.75, 3.05) is 13.9 Å². The van der Waals surface area contributed by atoms with Crippen molar-refractivity contribution in [1.82, 2.24) is 4.90 Å². The quantitative estimate of drug-likeness (QED) is 0.708. The molecule has 0 N–H and O–H groups in total. The number of thioether (sulfide) groups is 1. The number of benzene rings is 2. The number of ether oxygens (including phenoxy) is 3. The van der Waals surface area contributed by atoms with E-state index in [0.717, 1.165) is 23.1 Å². The highest BCUT2D eigenvalue weighted by molar-refractivity contribution is 8.18. The summed E-state index contributed by atoms with van der Waals surface area (Å²) in [7, 11) is 1.58. The number of fused-ring (bicyclic) bond motifs is 1. The van der Waals surface area contributed by atoms with E-state index >= 15 is 0 Å². The van der Waals surface area contributed by atoms with Gasteiger partial charge in [0.25, 0.3) is 11.1 Å². The highest BCUT2D eigenvalue weighted by atomic mass is 35.5. The first-order valence-corrected chi connectivity index (χ1v) is 9.22. The zero-order chi connectivity index (χ0) is 19.0. The van der Waals surface area contributed by atoms with Crippen molar-refractivity contribution < 1.29 is 23.8 Å². The van der Waals surface area contributed by atoms with Gasteiger partial charge >= 0.3 is 0 Å². The number of nitrogens with zero attached hydrogens (tertiary/aromatic N) is 1. The lowest BCUT2D eigenvalue weighted by atomic mass is 10.1. The zero-order valence-electron chi connectivity index (χ0n) is 14.2. The summed E-state index contributed by atoms with van der Waals surface area (Å²) in [6.07, 6.45) is 1.69. The molecule has 2 aliphatic rings. The second-order valence-corrected chi connectivity index (χ2v) is 7.24. The Balaban J connectivity index is 1.55. The fourth-order valence-corrected chi connectivity index (χ4v) is 3.79. The lowest BCUT2D eigenvalue weighted by Crippen LogP contribution is -2.27. The van der Waals surface area contributed by atoms with Crippen LogP contribution in [-0.4, -0.2) is 29.9 Å². The summed E-state index contributed by atoms with van der Waals surface area (Å²) in [5.41, 5.74) is 1.43. The Morgan fingerprint density at radius 3 is 2.59 bits per heavy atom. The van der Waals surface area contributed by atoms with Crippen LogP contribution in [0.1, 0.15) is 11.1 Å². The van der Waals surface area contributed by atoms with Crippen LogP contribution in [-0.2, 0) is 11.3 Å². The van der Waals surface area contributed by atoms with Crippen LogP contribution in [0.2, 0.25) is 5.02 Å². The molecule has 6 nitrogen and oxygen atoms in total. The van der Waals surface area contributed by atoms with Gasteiger partial charge in [0.1, 0.15) is 5.75 Å². The first-order valence-electron chi connectivity index (χ1n) is 8.02. The highest BCUT2D eigenvalue weighted by Crippen LogP contribution is 2.39. The van der Waals surface area contributed by atoms with Gasteiger partial charge in [0.05, 0.1) is 18.6 Å². The summed E-state index contributed by atoms with van der Waals surface area (Å²) in [6.45, 7) is 0.196. The van der Waals surface area contributed by atoms with Crippen molar-refractivity contribution in [3.05, 3.63) is 57.5 Å². The van der Waals surface area contributed by atoms with Gasteiger partial charge < -0.3 is 14.2 Å². The predicted molar refractivity (Wildman–Crippen MR) is 102 cm³/mol. The maximum atomic E-state index is 12.7. The largest absolute Gasteiger partial charge is 0.497 e. The lowest BCUT2D eigenvalue weighted by molar-refractivity contribution is -0.123. The Labute approximate surface area is 164 Å². The van der Waals surface area contributed by atoms with Crippen LogP contribution in [0.3, 0.4) is 0 Å². The normalized spacial score (nSPS) is 17.1. The second-order valence-electron chi connectivity index (χ2n) is 5.84. The monoisotopic (exact) mass is 403 g/mol. The molecular formula is C19H14ClNO5S. The number of carbonyl (C=O) groups excluding carboxylic acids is 2. The molecule has 27 heavy (non-hydrogen) atoms. The molecule has 2 aromatic rings. The molecule has 1 fully saturated rings. The van der Waals surface area contributed by atoms with E-state index < -0.39 is 0 Å². The highest BCUT2D eigenvalue weighted by Gasteiger charge is 2.35. The molecule has 138 valence electrons. The molecule has 2 aliphatic heterocycles. The number of carbonyl (C=O) groups is 2. The maximum absolute atomic E-state index is 12.7. The molecule has 0 atom stereocenters. The molecule has 0 saturated carbocycles. The third-order valence-electron chi connectivity index (χ3n) is 4.16. The molecule has 8 heteroatoms. The fraction of sp³-hybridized carbons (Fsp3) is 0.158. The molecule has 2 amide bonds. The minimum atomic E-state index is -0.352. The molecular weight excluding hydrogens is 390 g/mol. The summed E-state index contributed by atoms with van der Waals surface area (Å²) in [5.74, 6) is 1.47. The summed E-state index contributed by atoms with van der Waals surface area (Å²) in [4.78, 5) is 26.6. The van der Waals surface area contributed by atoms with E-state index in [1.807, 2.05) is 12.1 Å². The van der Waals surface area contributed by atoms with E-state index in [1.54, 1.807) is 37.5 Å². The standard InChI is InChI=1S/C19H14ClNO5S/c1-24-13-4-2-11(3-5-13)6-17-18(22)21(19(23)27-17)9-12-7-15-16(8-14(12)20)26-10-25-15/h2-8H,9-10H2,1H3/b17-6-. The number of hydrogen-bond acceptors (Lipinski definition) is 6. The molecule has 0 radical (unpaired) electrons. The lowest BCUT2D eigenvalue weighted by Gasteiger charge is -2.14. The van der Waals surface area contributed by atoms with Gasteiger partial charge in [0.2, 0.25) is 6.79 Å². The van der Waals surface area contributed by atoms with Gasteiger partial charge in [-0.1, -0.05) is 23.7 Å². The van der Waals surface area contributed by atoms with Crippen LogP contribution in [0.15, 0.2) is 41.3 Å². The number of halogens is 1. The number of amides is 2. The van der Waals surface area contributed by atoms with Crippen molar-refractivity contribution >= 4 is 40.6 Å². The van der Waals surface area contributed by atoms with Crippen LogP contribution >= 0.6 is 23.4 Å². The van der Waals surface area contributed by atoms with Gasteiger partial charge in [0.15, 0.2) is 11.5 Å². The number of hydrogen-bond donors (Lipinski definition) is 0. The van der Waals surface area contributed by atoms with Gasteiger partial charge in [0, 0.05) is 11.1 Å². The van der Waals surface area contributed by atoms with Crippen LogP contribution in [0.5, 0.6) is 17.2 Å². The number of rotatable bonds is 4. The zero-order valence-corrected chi connectivity index (χ0v) is 15.8. The van der Waals surface area contributed by atoms with E-state index in [1.165, 1.54) is 4.90 Å². The van der Waals surface area contributed by atoms with Gasteiger partial charge in [-0.15, -0.1) is 0 Å². The average Bonchev–Trinajstić information content (AvgIpc) is 3.22. The molecule has 2 heterocycles. The fourth-order valence-electron chi connectivity index (χ4n) is 2.74. The smallest absolute Gasteiger partial charge is 0.293 e. The third kappa shape index (κ3) is 3.48. The molecule has 1 saturated heterocycles. The van der Waals surface area contributed by atoms with Crippen molar-refractivity contribution in [2.45, 2.75) is 6.54 Å². The van der Waals surface area contributed by atoms with Crippen LogP contribution < -0.4 is 14.2 Å². The van der Waals surface area contributed by atoms with Crippen molar-refractivity contribution in [1.29, 1.82) is 0 Å². The van der Waals surface area contributed by atoms with E-state index in [4.69, 9.17) is 25.8 Å². The Morgan fingerprint density at radius 1 is 1.19 bits per heavy atom. The number of imide groups is 1. The van der Waals surface area contributed by atoms with Crippen molar-refractivity contribution in [2.24, 2.45) is 0 Å². The van der Waals surface area contributed by atoms with E-state index in [9.17, 15) is 9.59 Å². The SMILES string of the molecule is COc1ccc(/C=C2\SC(=O)N(Cc3cc4c(cc3Cl)OCO4)C2=O)cc1. The minimum Gasteiger partial charge on any atom is -0.497 e. The Hall–Kier alpha value is -2.64. The van der Waals surface area contributed by atoms with Gasteiger partial charge in [-0.3, -0.25) is 14.5 Å². The Morgan fingerprint density at radius 2 is 1.89 bits per heavy atom. The average molecular weight is 404 g/mol. The topological polar surface area (TPSA) is 65.1 Å². The summed E-state index contributed by atoms with van der Waals surface area (Å²) < 4.78 is 15.7. The van der Waals surface area contributed by atoms with Gasteiger partial charge in [-0.25, -0.2) is 0 Å². The first kappa shape index (κ1) is 17.8. The van der Waals surface area contributed by atoms with E-state index in [2.05, 4.69) is 0 Å². The first-order chi connectivity index (χ1) is 13.0. The maximum Gasteiger partial charge on any atom is 0.293 e. The van der Waals surface area contributed by atoms with Crippen LogP contribution in [0.4, 0.5) is 4.79 Å². The van der Waals surface area contributed by atoms with E-state index in [0.29, 0.717) is 27.0 Å². The van der Waals surface area contributed by atoms with Crippen LogP contribution in [0.25, 0.3) is 6.08 Å². The van der Waals surface area contributed by atoms with E-state index in [-0.39, 0.29) is 24.5 Å². The molecule has 0 aromatic heterocycles. The Kier molecular flexibility index (Phi) is 4.72. The molecule has 0 unspecified atom stereocenters. The molecule has 0 spiro atoms. The summed E-state index contributed by atoms with van der Waals surface area (Å²) in [5, 5.41) is 0.0749. The molecule has 2 aromatic carbocycles. The van der Waals surface area contributed by atoms with Crippen molar-refractivity contribution in [3.63, 3.8) is 0 Å². The summed E-state index contributed by atoms with van der Waals surface area (Å²) in [6, 6.07) is 10.6. The van der Waals surface area contributed by atoms with Crippen molar-refractivity contribution in [3.8, 4) is 17.2 Å². The van der Waals surface area contributed by atoms with Gasteiger partial charge in [-0.05, 0) is 47.2 Å². The molecule has 0 aliphatic carbocycles. The molecule has 0 bridgehead atoms. The summed E-state index contributed by atoms with van der Waals surface area (Å²) >= 11 is 7.16. The predicted octanol–water partition coefficient (Wildman–Crippen LogP) is 4.31. The van der Waals surface area contributed by atoms with Crippen LogP contribution in [0, 0.1) is 0 Å². The second kappa shape index (κ2) is 7.17. The molecule has 4 rings (SSSR count). The third-order valence-corrected chi connectivity index (χ3v) is 5.42. The minimum absolute atomic E-state index is 0.0695. The van der Waals surface area contributed by atoms with Gasteiger partial charge in [-0.2, -0.15) is 0 Å².